The van der Waals surface area contributed by atoms with Crippen LogP contribution >= 0.6 is 0 Å². The normalized spacial score (nSPS) is 11.2. The third kappa shape index (κ3) is 5.58. The number of hydrogen-bond acceptors (Lipinski definition) is 4. The Bertz CT molecular complexity index is 3240. The Morgan fingerprint density at radius 2 is 0.946 bits per heavy atom. The van der Waals surface area contributed by atoms with Gasteiger partial charge in [0, 0.05) is 50.8 Å². The van der Waals surface area contributed by atoms with E-state index in [1.165, 1.54) is 0 Å². The van der Waals surface area contributed by atoms with Crippen molar-refractivity contribution in [3.05, 3.63) is 193 Å². The van der Waals surface area contributed by atoms with Gasteiger partial charge in [0.15, 0.2) is 17.2 Å². The van der Waals surface area contributed by atoms with Crippen LogP contribution in [0.3, 0.4) is 0 Å². The molecule has 0 bridgehead atoms. The monoisotopic (exact) mass is 712 g/mol. The zero-order valence-electron chi connectivity index (χ0n) is 29.8. The van der Waals surface area contributed by atoms with Crippen molar-refractivity contribution in [3.63, 3.8) is 0 Å². The highest BCUT2D eigenvalue weighted by Crippen LogP contribution is 2.42. The van der Waals surface area contributed by atoms with E-state index in [4.69, 9.17) is 33.1 Å². The van der Waals surface area contributed by atoms with Crippen molar-refractivity contribution >= 4 is 54.9 Å². The lowest BCUT2D eigenvalue weighted by Crippen LogP contribution is -1.96. The van der Waals surface area contributed by atoms with E-state index in [1.807, 2.05) is 85.2 Å². The summed E-state index contributed by atoms with van der Waals surface area (Å²) in [6, 6.07) is 53.1. The minimum Gasteiger partial charge on any atom is -0.256 e. The maximum absolute atomic E-state index is 7.49. The molecular weight excluding hydrogens is 685 g/mol. The number of pyridine rings is 2. The minimum absolute atomic E-state index is 0.452. The molecule has 56 heavy (non-hydrogen) atoms. The van der Waals surface area contributed by atoms with Crippen molar-refractivity contribution < 1.29 is 0 Å². The fraction of sp³-hybridized carbons (Fsp3) is 0. The quantitative estimate of drug-likeness (QED) is 0.132. The molecule has 6 heteroatoms. The molecule has 3 heterocycles. The first-order valence-electron chi connectivity index (χ1n) is 18.2. The van der Waals surface area contributed by atoms with Crippen molar-refractivity contribution in [3.8, 4) is 56.0 Å². The van der Waals surface area contributed by atoms with Crippen LogP contribution in [0.2, 0.25) is 0 Å². The molecule has 0 radical (unpaired) electrons. The Balaban J connectivity index is 1.13. The standard InChI is InChI=1S/C50H28N6/c1-51-37-26-36(27-38(28-37)52-2)31-19-21-32(22-20-31)42-29-44-40-17-10-24-54-49(40)43(30-45(44)39-16-9-23-53-48(39)42)34-13-8-14-35(25-34)50-55-46-18-7-6-15-41(46)47(56-50)33-11-4-3-5-12-33/h3-30H. The first-order chi connectivity index (χ1) is 27.6. The lowest BCUT2D eigenvalue weighted by atomic mass is 9.90. The molecule has 0 aliphatic heterocycles. The fourth-order valence-electron chi connectivity index (χ4n) is 7.72. The molecule has 0 fully saturated rings. The summed E-state index contributed by atoms with van der Waals surface area (Å²) >= 11 is 0. The second kappa shape index (κ2) is 13.4. The molecule has 10 rings (SSSR count). The Kier molecular flexibility index (Phi) is 7.80. The Morgan fingerprint density at radius 1 is 0.375 bits per heavy atom. The smallest absolute Gasteiger partial charge is 0.177 e. The van der Waals surface area contributed by atoms with Gasteiger partial charge in [-0.05, 0) is 69.4 Å². The van der Waals surface area contributed by atoms with Crippen molar-refractivity contribution in [1.29, 1.82) is 0 Å². The summed E-state index contributed by atoms with van der Waals surface area (Å²) in [5.41, 5.74) is 12.3. The van der Waals surface area contributed by atoms with Crippen LogP contribution in [0.5, 0.6) is 0 Å². The fourth-order valence-corrected chi connectivity index (χ4v) is 7.72. The van der Waals surface area contributed by atoms with Crippen LogP contribution in [0.4, 0.5) is 11.4 Å². The van der Waals surface area contributed by atoms with Gasteiger partial charge in [-0.2, -0.15) is 0 Å². The maximum atomic E-state index is 7.49. The van der Waals surface area contributed by atoms with E-state index in [0.717, 1.165) is 93.7 Å². The van der Waals surface area contributed by atoms with E-state index < -0.39 is 0 Å². The molecule has 10 aromatic rings. The van der Waals surface area contributed by atoms with Gasteiger partial charge in [0.05, 0.1) is 35.4 Å². The molecule has 3 aromatic heterocycles. The van der Waals surface area contributed by atoms with Gasteiger partial charge in [0.25, 0.3) is 0 Å². The van der Waals surface area contributed by atoms with Crippen LogP contribution in [0, 0.1) is 13.1 Å². The van der Waals surface area contributed by atoms with Gasteiger partial charge in [-0.15, -0.1) is 0 Å². The molecule has 0 saturated heterocycles. The molecular formula is C50H28N6. The van der Waals surface area contributed by atoms with Crippen LogP contribution in [0.1, 0.15) is 0 Å². The van der Waals surface area contributed by atoms with Gasteiger partial charge in [-0.25, -0.2) is 19.7 Å². The van der Waals surface area contributed by atoms with Crippen molar-refractivity contribution in [2.75, 3.05) is 0 Å². The van der Waals surface area contributed by atoms with Crippen LogP contribution in [0.15, 0.2) is 170 Å². The van der Waals surface area contributed by atoms with Crippen molar-refractivity contribution in [1.82, 2.24) is 19.9 Å². The van der Waals surface area contributed by atoms with Gasteiger partial charge >= 0.3 is 0 Å². The third-order valence-electron chi connectivity index (χ3n) is 10.3. The molecule has 0 atom stereocenters. The van der Waals surface area contributed by atoms with Gasteiger partial charge in [-0.1, -0.05) is 121 Å². The number of nitrogens with zero attached hydrogens (tertiary/aromatic N) is 6. The number of fused-ring (bicyclic) bond motifs is 6. The van der Waals surface area contributed by atoms with E-state index in [9.17, 15) is 0 Å². The van der Waals surface area contributed by atoms with Gasteiger partial charge in [-0.3, -0.25) is 9.97 Å². The number of aromatic nitrogens is 4. The second-order valence-corrected chi connectivity index (χ2v) is 13.6. The summed E-state index contributed by atoms with van der Waals surface area (Å²) in [6.07, 6.45) is 3.69. The average Bonchev–Trinajstić information content (AvgIpc) is 3.28. The number of para-hydroxylation sites is 1. The first-order valence-corrected chi connectivity index (χ1v) is 18.2. The molecule has 0 N–H and O–H groups in total. The summed E-state index contributed by atoms with van der Waals surface area (Å²) in [6.45, 7) is 15.0. The molecule has 258 valence electrons. The lowest BCUT2D eigenvalue weighted by Gasteiger charge is -2.16. The van der Waals surface area contributed by atoms with E-state index in [2.05, 4.69) is 88.6 Å². The summed E-state index contributed by atoms with van der Waals surface area (Å²) in [7, 11) is 0. The van der Waals surface area contributed by atoms with Crippen LogP contribution in [-0.4, -0.2) is 19.9 Å². The molecule has 0 saturated carbocycles. The summed E-state index contributed by atoms with van der Waals surface area (Å²) in [5.74, 6) is 0.665. The summed E-state index contributed by atoms with van der Waals surface area (Å²) < 4.78 is 0. The van der Waals surface area contributed by atoms with Gasteiger partial charge in [0.1, 0.15) is 0 Å². The molecule has 0 unspecified atom stereocenters. The van der Waals surface area contributed by atoms with E-state index in [0.29, 0.717) is 17.2 Å². The molecule has 0 spiro atoms. The largest absolute Gasteiger partial charge is 0.256 e. The summed E-state index contributed by atoms with van der Waals surface area (Å²) in [4.78, 5) is 27.2. The summed E-state index contributed by atoms with van der Waals surface area (Å²) in [5, 5.41) is 5.28. The molecule has 6 nitrogen and oxygen atoms in total. The predicted molar refractivity (Wildman–Crippen MR) is 227 cm³/mol. The highest BCUT2D eigenvalue weighted by atomic mass is 14.9. The Hall–Kier alpha value is -8.06. The highest BCUT2D eigenvalue weighted by Gasteiger charge is 2.18. The Labute approximate surface area is 322 Å². The maximum Gasteiger partial charge on any atom is 0.177 e. The molecule has 0 aliphatic carbocycles. The SMILES string of the molecule is [C-]#[N+]c1cc([N+]#[C-])cc(-c2ccc(-c3cc4c5cccnc5c(-c5cccc(-c6nc(-c7ccccc7)c7ccccc7n6)c5)cc4c4cccnc34)cc2)c1. The van der Waals surface area contributed by atoms with Gasteiger partial charge in [0.2, 0.25) is 0 Å². The van der Waals surface area contributed by atoms with Crippen LogP contribution in [0.25, 0.3) is 109 Å². The number of rotatable bonds is 5. The molecule has 0 amide bonds. The van der Waals surface area contributed by atoms with Crippen molar-refractivity contribution in [2.24, 2.45) is 0 Å². The topological polar surface area (TPSA) is 60.3 Å². The zero-order valence-corrected chi connectivity index (χ0v) is 29.8. The lowest BCUT2D eigenvalue weighted by molar-refractivity contribution is 1.23. The molecule has 7 aromatic carbocycles. The average molecular weight is 713 g/mol. The van der Waals surface area contributed by atoms with Gasteiger partial charge < -0.3 is 0 Å². The predicted octanol–water partition coefficient (Wildman–Crippen LogP) is 13.3. The second-order valence-electron chi connectivity index (χ2n) is 13.6. The van der Waals surface area contributed by atoms with E-state index in [1.54, 1.807) is 6.07 Å². The van der Waals surface area contributed by atoms with Crippen LogP contribution in [-0.2, 0) is 0 Å². The van der Waals surface area contributed by atoms with E-state index in [-0.39, 0.29) is 0 Å². The molecule has 0 aliphatic rings. The number of benzene rings is 7. The van der Waals surface area contributed by atoms with Crippen molar-refractivity contribution in [2.45, 2.75) is 0 Å². The first kappa shape index (κ1) is 32.6. The number of hydrogen-bond donors (Lipinski definition) is 0. The third-order valence-corrected chi connectivity index (χ3v) is 10.3. The van der Waals surface area contributed by atoms with Crippen LogP contribution < -0.4 is 0 Å². The highest BCUT2D eigenvalue weighted by molar-refractivity contribution is 6.22. The Morgan fingerprint density at radius 3 is 1.62 bits per heavy atom. The zero-order chi connectivity index (χ0) is 37.6. The van der Waals surface area contributed by atoms with E-state index >= 15 is 0 Å². The minimum atomic E-state index is 0.452.